The number of methoxy groups -OCH3 is 2. The summed E-state index contributed by atoms with van der Waals surface area (Å²) in [5.74, 6) is -0.703. The van der Waals surface area contributed by atoms with Crippen molar-refractivity contribution < 1.29 is 27.5 Å². The lowest BCUT2D eigenvalue weighted by Gasteiger charge is -2.23. The van der Waals surface area contributed by atoms with Gasteiger partial charge in [0.15, 0.2) is 0 Å². The number of anilines is 1. The van der Waals surface area contributed by atoms with Crippen molar-refractivity contribution in [3.63, 3.8) is 0 Å². The van der Waals surface area contributed by atoms with E-state index in [1.807, 2.05) is 0 Å². The molecule has 0 radical (unpaired) electrons. The summed E-state index contributed by atoms with van der Waals surface area (Å²) in [5, 5.41) is 2.56. The van der Waals surface area contributed by atoms with Gasteiger partial charge in [-0.05, 0) is 50.2 Å². The molecule has 0 saturated heterocycles. The van der Waals surface area contributed by atoms with Gasteiger partial charge in [0.2, 0.25) is 0 Å². The van der Waals surface area contributed by atoms with Crippen LogP contribution in [0.1, 0.15) is 24.2 Å². The van der Waals surface area contributed by atoms with E-state index in [2.05, 4.69) is 10.1 Å². The number of benzene rings is 2. The molecule has 0 heterocycles. The van der Waals surface area contributed by atoms with Crippen LogP contribution in [0.5, 0.6) is 5.75 Å². The molecular weight excluding hydrogens is 396 g/mol. The second-order valence-electron chi connectivity index (χ2n) is 6.74. The zero-order chi connectivity index (χ0) is 21.8. The Balaban J connectivity index is 2.27. The number of rotatable bonds is 7. The van der Waals surface area contributed by atoms with Crippen LogP contribution < -0.4 is 14.4 Å². The highest BCUT2D eigenvalue weighted by Gasteiger charge is 2.31. The Morgan fingerprint density at radius 1 is 1.00 bits per heavy atom. The first-order valence-electron chi connectivity index (χ1n) is 8.67. The Hall–Kier alpha value is -3.07. The monoisotopic (exact) mass is 420 g/mol. The van der Waals surface area contributed by atoms with Crippen LogP contribution in [-0.2, 0) is 19.6 Å². The molecule has 0 unspecified atom stereocenters. The van der Waals surface area contributed by atoms with Crippen molar-refractivity contribution in [2.75, 3.05) is 25.6 Å². The number of para-hydroxylation sites is 2. The van der Waals surface area contributed by atoms with E-state index in [0.29, 0.717) is 11.4 Å². The van der Waals surface area contributed by atoms with Gasteiger partial charge in [-0.15, -0.1) is 0 Å². The molecule has 0 saturated carbocycles. The minimum Gasteiger partial charge on any atom is -0.495 e. The van der Waals surface area contributed by atoms with Gasteiger partial charge in [0.25, 0.3) is 15.9 Å². The average molecular weight is 420 g/mol. The summed E-state index contributed by atoms with van der Waals surface area (Å²) in [6.07, 6.45) is 0. The van der Waals surface area contributed by atoms with Crippen LogP contribution in [0.4, 0.5) is 5.69 Å². The van der Waals surface area contributed by atoms with Gasteiger partial charge in [0, 0.05) is 12.6 Å². The topological polar surface area (TPSA) is 102 Å². The molecule has 29 heavy (non-hydrogen) atoms. The molecule has 0 fully saturated rings. The van der Waals surface area contributed by atoms with E-state index in [-0.39, 0.29) is 10.5 Å². The summed E-state index contributed by atoms with van der Waals surface area (Å²) in [7, 11) is 0.242. The lowest BCUT2D eigenvalue weighted by Crippen LogP contribution is -2.50. The Morgan fingerprint density at radius 2 is 1.59 bits per heavy atom. The van der Waals surface area contributed by atoms with Crippen LogP contribution in [0, 0.1) is 0 Å². The highest BCUT2D eigenvalue weighted by atomic mass is 32.2. The van der Waals surface area contributed by atoms with Crippen molar-refractivity contribution >= 4 is 27.6 Å². The fourth-order valence-electron chi connectivity index (χ4n) is 2.62. The van der Waals surface area contributed by atoms with E-state index in [1.165, 1.54) is 59.4 Å². The van der Waals surface area contributed by atoms with Gasteiger partial charge >= 0.3 is 5.97 Å². The van der Waals surface area contributed by atoms with E-state index in [0.717, 1.165) is 4.31 Å². The lowest BCUT2D eigenvalue weighted by molar-refractivity contribution is -0.146. The third kappa shape index (κ3) is 4.68. The number of sulfonamides is 1. The van der Waals surface area contributed by atoms with Gasteiger partial charge in [-0.2, -0.15) is 0 Å². The predicted molar refractivity (Wildman–Crippen MR) is 109 cm³/mol. The third-order valence-electron chi connectivity index (χ3n) is 4.32. The Morgan fingerprint density at radius 3 is 2.14 bits per heavy atom. The minimum absolute atomic E-state index is 0.00897. The maximum atomic E-state index is 12.9. The SMILES string of the molecule is COC(=O)C(C)(C)NC(=O)c1ccc(S(=O)(=O)N(C)c2ccccc2OC)cc1. The molecule has 0 aliphatic carbocycles. The van der Waals surface area contributed by atoms with Gasteiger partial charge in [0.05, 0.1) is 24.8 Å². The molecular formula is C20H24N2O6S. The number of nitrogens with zero attached hydrogens (tertiary/aromatic N) is 1. The molecule has 156 valence electrons. The maximum Gasteiger partial charge on any atom is 0.330 e. The first-order valence-corrected chi connectivity index (χ1v) is 10.1. The van der Waals surface area contributed by atoms with Crippen molar-refractivity contribution in [1.82, 2.24) is 5.32 Å². The molecule has 8 nitrogen and oxygen atoms in total. The van der Waals surface area contributed by atoms with Crippen LogP contribution in [-0.4, -0.2) is 47.1 Å². The number of carbonyl (C=O) groups is 2. The molecule has 2 rings (SSSR count). The largest absolute Gasteiger partial charge is 0.495 e. The van der Waals surface area contributed by atoms with Gasteiger partial charge in [-0.1, -0.05) is 12.1 Å². The fourth-order valence-corrected chi connectivity index (χ4v) is 3.82. The standard InChI is InChI=1S/C20H24N2O6S/c1-20(2,19(24)28-5)21-18(23)14-10-12-15(13-11-14)29(25,26)22(3)16-8-6-7-9-17(16)27-4/h6-13H,1-5H3,(H,21,23). The third-order valence-corrected chi connectivity index (χ3v) is 6.11. The number of carbonyl (C=O) groups excluding carboxylic acids is 2. The number of amides is 1. The Labute approximate surface area is 170 Å². The van der Waals surface area contributed by atoms with E-state index < -0.39 is 27.4 Å². The van der Waals surface area contributed by atoms with E-state index >= 15 is 0 Å². The zero-order valence-corrected chi connectivity index (χ0v) is 17.7. The van der Waals surface area contributed by atoms with Crippen molar-refractivity contribution in [1.29, 1.82) is 0 Å². The van der Waals surface area contributed by atoms with E-state index in [4.69, 9.17) is 4.74 Å². The smallest absolute Gasteiger partial charge is 0.330 e. The van der Waals surface area contributed by atoms with Crippen molar-refractivity contribution in [2.24, 2.45) is 0 Å². The summed E-state index contributed by atoms with van der Waals surface area (Å²) in [6.45, 7) is 3.02. The summed E-state index contributed by atoms with van der Waals surface area (Å²) in [6, 6.07) is 12.2. The van der Waals surface area contributed by atoms with Crippen LogP contribution >= 0.6 is 0 Å². The highest BCUT2D eigenvalue weighted by molar-refractivity contribution is 7.92. The number of hydrogen-bond acceptors (Lipinski definition) is 6. The van der Waals surface area contributed by atoms with E-state index in [9.17, 15) is 18.0 Å². The molecule has 1 amide bonds. The Kier molecular flexibility index (Phi) is 6.53. The first-order chi connectivity index (χ1) is 13.5. The molecule has 0 aliphatic rings. The fraction of sp³-hybridized carbons (Fsp3) is 0.300. The summed E-state index contributed by atoms with van der Waals surface area (Å²) in [4.78, 5) is 24.1. The normalized spacial score (nSPS) is 11.5. The number of hydrogen-bond donors (Lipinski definition) is 1. The second-order valence-corrected chi connectivity index (χ2v) is 8.71. The van der Waals surface area contributed by atoms with Crippen LogP contribution in [0.15, 0.2) is 53.4 Å². The van der Waals surface area contributed by atoms with Gasteiger partial charge < -0.3 is 14.8 Å². The molecule has 0 atom stereocenters. The van der Waals surface area contributed by atoms with Gasteiger partial charge in [-0.3, -0.25) is 9.10 Å². The number of esters is 1. The predicted octanol–water partition coefficient (Wildman–Crippen LogP) is 2.20. The quantitative estimate of drug-likeness (QED) is 0.689. The lowest BCUT2D eigenvalue weighted by atomic mass is 10.1. The summed E-state index contributed by atoms with van der Waals surface area (Å²) >= 11 is 0. The molecule has 2 aromatic rings. The molecule has 2 aromatic carbocycles. The van der Waals surface area contributed by atoms with Crippen LogP contribution in [0.2, 0.25) is 0 Å². The average Bonchev–Trinajstić information content (AvgIpc) is 2.72. The van der Waals surface area contributed by atoms with E-state index in [1.54, 1.807) is 24.3 Å². The molecule has 0 aromatic heterocycles. The zero-order valence-electron chi connectivity index (χ0n) is 16.9. The molecule has 9 heteroatoms. The van der Waals surface area contributed by atoms with Crippen LogP contribution in [0.3, 0.4) is 0 Å². The summed E-state index contributed by atoms with van der Waals surface area (Å²) < 4.78 is 36.9. The van der Waals surface area contributed by atoms with Crippen molar-refractivity contribution in [2.45, 2.75) is 24.3 Å². The van der Waals surface area contributed by atoms with Gasteiger partial charge in [-0.25, -0.2) is 13.2 Å². The number of nitrogens with one attached hydrogen (secondary N) is 1. The second kappa shape index (κ2) is 8.52. The van der Waals surface area contributed by atoms with Crippen LogP contribution in [0.25, 0.3) is 0 Å². The summed E-state index contributed by atoms with van der Waals surface area (Å²) in [5.41, 5.74) is -0.627. The molecule has 0 spiro atoms. The molecule has 1 N–H and O–H groups in total. The molecule has 0 bridgehead atoms. The van der Waals surface area contributed by atoms with Gasteiger partial charge in [0.1, 0.15) is 11.3 Å². The minimum atomic E-state index is -3.87. The maximum absolute atomic E-state index is 12.9. The van der Waals surface area contributed by atoms with Crippen molar-refractivity contribution in [3.8, 4) is 5.75 Å². The Bertz CT molecular complexity index is 1000. The number of ether oxygens (including phenoxy) is 2. The van der Waals surface area contributed by atoms with Crippen molar-refractivity contribution in [3.05, 3.63) is 54.1 Å². The first kappa shape index (κ1) is 22.2. The highest BCUT2D eigenvalue weighted by Crippen LogP contribution is 2.30. The molecule has 0 aliphatic heterocycles.